The molecule has 42 heavy (non-hydrogen) atoms. The van der Waals surface area contributed by atoms with E-state index in [-0.39, 0.29) is 17.2 Å². The van der Waals surface area contributed by atoms with E-state index >= 15 is 0 Å². The Labute approximate surface area is 243 Å². The number of thioether (sulfide) groups is 1. The minimum atomic E-state index is -1.62. The van der Waals surface area contributed by atoms with Crippen LogP contribution in [0.15, 0.2) is 22.9 Å². The summed E-state index contributed by atoms with van der Waals surface area (Å²) >= 11 is 1.19. The van der Waals surface area contributed by atoms with Crippen LogP contribution in [-0.4, -0.2) is 76.5 Å². The molecule has 0 radical (unpaired) electrons. The number of benzene rings is 1. The van der Waals surface area contributed by atoms with Gasteiger partial charge in [-0.2, -0.15) is 0 Å². The second-order valence-electron chi connectivity index (χ2n) is 11.5. The van der Waals surface area contributed by atoms with Crippen LogP contribution in [0.3, 0.4) is 0 Å². The molecule has 3 aromatic rings. The summed E-state index contributed by atoms with van der Waals surface area (Å²) in [4.78, 5) is 0. The molecule has 6 rings (SSSR count). The number of halogens is 3. The van der Waals surface area contributed by atoms with Gasteiger partial charge in [-0.3, -0.25) is 0 Å². The molecule has 2 aliphatic carbocycles. The van der Waals surface area contributed by atoms with Gasteiger partial charge in [0.15, 0.2) is 17.5 Å². The lowest BCUT2D eigenvalue weighted by Gasteiger charge is -2.45. The molecule has 228 valence electrons. The predicted octanol–water partition coefficient (Wildman–Crippen LogP) is 3.69. The van der Waals surface area contributed by atoms with Crippen LogP contribution in [-0.2, 0) is 4.74 Å². The van der Waals surface area contributed by atoms with E-state index in [1.807, 2.05) is 6.92 Å². The van der Waals surface area contributed by atoms with Crippen molar-refractivity contribution in [2.75, 3.05) is 6.61 Å². The number of rotatable bonds is 8. The number of hydrogen-bond acceptors (Lipinski definition) is 10. The lowest BCUT2D eigenvalue weighted by Crippen LogP contribution is -2.55. The van der Waals surface area contributed by atoms with Crippen molar-refractivity contribution in [2.24, 2.45) is 0 Å². The van der Waals surface area contributed by atoms with E-state index in [9.17, 15) is 33.6 Å². The Kier molecular flexibility index (Phi) is 8.13. The van der Waals surface area contributed by atoms with E-state index in [1.54, 1.807) is 0 Å². The molecule has 3 fully saturated rings. The number of aryl methyl sites for hydroxylation is 1. The third-order valence-corrected chi connectivity index (χ3v) is 10.2. The summed E-state index contributed by atoms with van der Waals surface area (Å²) in [6, 6.07) is 0.359. The minimum absolute atomic E-state index is 0.0213. The van der Waals surface area contributed by atoms with E-state index < -0.39 is 64.7 Å². The number of aromatic nitrogens is 4. The van der Waals surface area contributed by atoms with E-state index in [2.05, 4.69) is 15.5 Å². The maximum atomic E-state index is 13.9. The first kappa shape index (κ1) is 29.6. The second-order valence-corrected chi connectivity index (χ2v) is 12.7. The minimum Gasteiger partial charge on any atom is -0.394 e. The lowest BCUT2D eigenvalue weighted by atomic mass is 9.79. The number of ether oxygens (including phenoxy) is 1. The quantitative estimate of drug-likeness (QED) is 0.279. The summed E-state index contributed by atoms with van der Waals surface area (Å²) in [5.74, 6) is -3.48. The summed E-state index contributed by atoms with van der Waals surface area (Å²) in [5.41, 5.74) is -0.853. The Morgan fingerprint density at radius 3 is 2.43 bits per heavy atom. The zero-order valence-electron chi connectivity index (χ0n) is 22.9. The molecule has 10 nitrogen and oxygen atoms in total. The zero-order chi connectivity index (χ0) is 29.8. The Hall–Kier alpha value is -2.49. The van der Waals surface area contributed by atoms with Gasteiger partial charge in [0.05, 0.1) is 29.3 Å². The van der Waals surface area contributed by atoms with Crippen molar-refractivity contribution in [1.82, 2.24) is 20.2 Å². The van der Waals surface area contributed by atoms with Crippen LogP contribution in [0.25, 0.3) is 11.3 Å². The van der Waals surface area contributed by atoms with Gasteiger partial charge in [0.1, 0.15) is 41.2 Å². The van der Waals surface area contributed by atoms with Gasteiger partial charge in [-0.1, -0.05) is 29.6 Å². The lowest BCUT2D eigenvalue weighted by molar-refractivity contribution is -0.179. The van der Waals surface area contributed by atoms with Gasteiger partial charge in [-0.15, -0.1) is 16.9 Å². The summed E-state index contributed by atoms with van der Waals surface area (Å²) < 4.78 is 54.1. The average Bonchev–Trinajstić information content (AvgIpc) is 3.58. The first-order valence-electron chi connectivity index (χ1n) is 14.1. The maximum absolute atomic E-state index is 13.9. The van der Waals surface area contributed by atoms with Crippen molar-refractivity contribution in [3.8, 4) is 11.3 Å². The van der Waals surface area contributed by atoms with Crippen LogP contribution in [0.1, 0.15) is 79.2 Å². The smallest absolute Gasteiger partial charge is 0.194 e. The highest BCUT2D eigenvalue weighted by atomic mass is 32.2. The predicted molar refractivity (Wildman–Crippen MR) is 144 cm³/mol. The maximum Gasteiger partial charge on any atom is 0.194 e. The van der Waals surface area contributed by atoms with Crippen LogP contribution in [0, 0.1) is 24.4 Å². The van der Waals surface area contributed by atoms with Crippen molar-refractivity contribution < 1.29 is 42.9 Å². The van der Waals surface area contributed by atoms with Crippen molar-refractivity contribution in [2.45, 2.75) is 98.4 Å². The van der Waals surface area contributed by atoms with Gasteiger partial charge in [-0.25, -0.2) is 17.9 Å². The zero-order valence-corrected chi connectivity index (χ0v) is 23.7. The first-order chi connectivity index (χ1) is 20.1. The van der Waals surface area contributed by atoms with E-state index in [4.69, 9.17) is 9.26 Å². The summed E-state index contributed by atoms with van der Waals surface area (Å²) in [5, 5.41) is 56.3. The molecule has 0 amide bonds. The van der Waals surface area contributed by atoms with Crippen LogP contribution in [0.5, 0.6) is 0 Å². The van der Waals surface area contributed by atoms with E-state index in [0.29, 0.717) is 18.5 Å². The molecule has 2 saturated carbocycles. The highest BCUT2D eigenvalue weighted by Gasteiger charge is 2.51. The van der Waals surface area contributed by atoms with E-state index in [1.165, 1.54) is 18.0 Å². The third kappa shape index (κ3) is 5.37. The fourth-order valence-electron chi connectivity index (χ4n) is 6.13. The van der Waals surface area contributed by atoms with Crippen molar-refractivity contribution in [3.63, 3.8) is 0 Å². The van der Waals surface area contributed by atoms with Crippen LogP contribution < -0.4 is 0 Å². The molecular formula is C28H33F3N4O6S. The van der Waals surface area contributed by atoms with E-state index in [0.717, 1.165) is 60.2 Å². The average molecular weight is 611 g/mol. The summed E-state index contributed by atoms with van der Waals surface area (Å²) in [7, 11) is 0. The van der Waals surface area contributed by atoms with Crippen LogP contribution in [0.4, 0.5) is 13.2 Å². The van der Waals surface area contributed by atoms with Gasteiger partial charge < -0.3 is 29.7 Å². The molecular weight excluding hydrogens is 577 g/mol. The SMILES string of the molecule is Cc1noc(C2CC2)c1[C@H](S[C@@H]1O[C@H](CO)[C@H](O)[C@H](n2cc(-c3cc(F)c(F)c(F)c3)nn2)[C@H]1O)C1(O)CCCCC1. The van der Waals surface area contributed by atoms with Gasteiger partial charge >= 0.3 is 0 Å². The fourth-order valence-corrected chi connectivity index (χ4v) is 7.84. The molecule has 1 saturated heterocycles. The number of nitrogens with zero attached hydrogens (tertiary/aromatic N) is 4. The van der Waals surface area contributed by atoms with Crippen molar-refractivity contribution >= 4 is 11.8 Å². The Balaban J connectivity index is 1.34. The van der Waals surface area contributed by atoms with Gasteiger partial charge in [0.25, 0.3) is 0 Å². The van der Waals surface area contributed by atoms with Gasteiger partial charge in [0, 0.05) is 17.0 Å². The van der Waals surface area contributed by atoms with Crippen molar-refractivity contribution in [1.29, 1.82) is 0 Å². The highest BCUT2D eigenvalue weighted by Crippen LogP contribution is 2.55. The van der Waals surface area contributed by atoms with Gasteiger partial charge in [0.2, 0.25) is 0 Å². The number of aliphatic hydroxyl groups excluding tert-OH is 3. The molecule has 4 N–H and O–H groups in total. The van der Waals surface area contributed by atoms with Crippen molar-refractivity contribution in [3.05, 3.63) is 52.8 Å². The molecule has 0 bridgehead atoms. The Morgan fingerprint density at radius 2 is 1.79 bits per heavy atom. The van der Waals surface area contributed by atoms with Crippen LogP contribution >= 0.6 is 11.8 Å². The summed E-state index contributed by atoms with van der Waals surface area (Å²) in [6.07, 6.45) is 2.94. The topological polar surface area (TPSA) is 147 Å². The molecule has 3 aliphatic rings. The normalized spacial score (nSPS) is 28.6. The molecule has 0 spiro atoms. The number of hydrogen-bond donors (Lipinski definition) is 4. The van der Waals surface area contributed by atoms with Gasteiger partial charge in [-0.05, 0) is 44.7 Å². The Bertz CT molecular complexity index is 1410. The third-order valence-electron chi connectivity index (χ3n) is 8.57. The summed E-state index contributed by atoms with van der Waals surface area (Å²) in [6.45, 7) is 1.25. The molecule has 2 aromatic heterocycles. The standard InChI is InChI=1S/C28H33F3N4O6S/c1-13-20(25(41-33-13)14-5-6-14)26(28(39)7-3-2-4-8-28)42-27-24(38)22(23(37)19(12-36)40-27)35-11-18(32-34-35)15-9-16(29)21(31)17(30)10-15/h9-11,14,19,22-24,26-27,36-39H,2-8,12H2,1H3/t19-,22+,23+,24-,26+,27+/m1/s1. The van der Waals surface area contributed by atoms with Crippen LogP contribution in [0.2, 0.25) is 0 Å². The molecule has 0 unspecified atom stereocenters. The highest BCUT2D eigenvalue weighted by molar-refractivity contribution is 8.00. The fraction of sp³-hybridized carbons (Fsp3) is 0.607. The Morgan fingerprint density at radius 1 is 1.10 bits per heavy atom. The monoisotopic (exact) mass is 610 g/mol. The molecule has 1 aromatic carbocycles. The number of aliphatic hydroxyl groups is 4. The molecule has 6 atom stereocenters. The molecule has 1 aliphatic heterocycles. The molecule has 14 heteroatoms. The first-order valence-corrected chi connectivity index (χ1v) is 15.1. The molecule has 3 heterocycles. The largest absolute Gasteiger partial charge is 0.394 e. The second kappa shape index (κ2) is 11.5.